The van der Waals surface area contributed by atoms with Gasteiger partial charge < -0.3 is 15.7 Å². The lowest BCUT2D eigenvalue weighted by Crippen LogP contribution is -2.33. The number of hydrogen-bond acceptors (Lipinski definition) is 4. The van der Waals surface area contributed by atoms with E-state index in [1.54, 1.807) is 26.0 Å². The van der Waals surface area contributed by atoms with Gasteiger partial charge in [0.1, 0.15) is 5.82 Å². The van der Waals surface area contributed by atoms with Crippen LogP contribution in [0.15, 0.2) is 48.7 Å². The minimum Gasteiger partial charge on any atom is -0.388 e. The molecule has 1 saturated carbocycles. The number of pyridine rings is 1. The predicted molar refractivity (Wildman–Crippen MR) is 103 cm³/mol. The van der Waals surface area contributed by atoms with Gasteiger partial charge in [0.25, 0.3) is 5.91 Å². The van der Waals surface area contributed by atoms with Crippen molar-refractivity contribution in [3.05, 3.63) is 59.8 Å². The monoisotopic (exact) mass is 367 g/mol. The summed E-state index contributed by atoms with van der Waals surface area (Å²) in [4.78, 5) is 28.4. The number of rotatable bonds is 7. The third-order valence-corrected chi connectivity index (χ3v) is 4.99. The maximum absolute atomic E-state index is 12.5. The summed E-state index contributed by atoms with van der Waals surface area (Å²) in [6.45, 7) is 3.98. The van der Waals surface area contributed by atoms with E-state index in [9.17, 15) is 14.7 Å². The molecule has 1 aromatic carbocycles. The molecule has 1 atom stereocenters. The third kappa shape index (κ3) is 4.52. The minimum absolute atomic E-state index is 0.150. The van der Waals surface area contributed by atoms with E-state index in [2.05, 4.69) is 15.6 Å². The van der Waals surface area contributed by atoms with Crippen LogP contribution in [0.25, 0.3) is 0 Å². The molecule has 0 radical (unpaired) electrons. The fourth-order valence-corrected chi connectivity index (χ4v) is 2.97. The smallest absolute Gasteiger partial charge is 0.251 e. The van der Waals surface area contributed by atoms with Crippen molar-refractivity contribution in [2.24, 2.45) is 11.3 Å². The van der Waals surface area contributed by atoms with Crippen molar-refractivity contribution in [3.8, 4) is 0 Å². The molecule has 1 aliphatic rings. The van der Waals surface area contributed by atoms with Crippen molar-refractivity contribution in [1.29, 1.82) is 0 Å². The van der Waals surface area contributed by atoms with Gasteiger partial charge >= 0.3 is 0 Å². The highest BCUT2D eigenvalue weighted by atomic mass is 16.3. The number of carbonyl (C=O) groups excluding carboxylic acids is 2. The Morgan fingerprint density at radius 2 is 1.89 bits per heavy atom. The molecule has 0 bridgehead atoms. The Morgan fingerprint density at radius 1 is 1.19 bits per heavy atom. The fraction of sp³-hybridized carbons (Fsp3) is 0.381. The van der Waals surface area contributed by atoms with E-state index >= 15 is 0 Å². The highest BCUT2D eigenvalue weighted by Crippen LogP contribution is 2.54. The van der Waals surface area contributed by atoms with Crippen LogP contribution in [0, 0.1) is 11.3 Å². The van der Waals surface area contributed by atoms with Crippen molar-refractivity contribution in [1.82, 2.24) is 10.3 Å². The molecule has 1 fully saturated rings. The van der Waals surface area contributed by atoms with E-state index in [1.165, 1.54) is 6.20 Å². The molecule has 1 aliphatic carbocycles. The van der Waals surface area contributed by atoms with Gasteiger partial charge in [0, 0.05) is 29.6 Å². The lowest BCUT2D eigenvalue weighted by atomic mass is 9.92. The van der Waals surface area contributed by atoms with Crippen LogP contribution in [0.4, 0.5) is 5.82 Å². The molecule has 2 aromatic rings. The molecular weight excluding hydrogens is 342 g/mol. The number of hydrogen-bond donors (Lipinski definition) is 3. The molecule has 142 valence electrons. The van der Waals surface area contributed by atoms with Gasteiger partial charge in [0.2, 0.25) is 5.91 Å². The molecule has 3 N–H and O–H groups in total. The molecule has 6 nitrogen and oxygen atoms in total. The number of benzene rings is 1. The van der Waals surface area contributed by atoms with Crippen molar-refractivity contribution in [2.45, 2.75) is 32.8 Å². The van der Waals surface area contributed by atoms with Crippen molar-refractivity contribution < 1.29 is 14.7 Å². The zero-order chi connectivity index (χ0) is 19.4. The Bertz CT molecular complexity index is 816. The van der Waals surface area contributed by atoms with Crippen LogP contribution in [-0.4, -0.2) is 28.4 Å². The quantitative estimate of drug-likeness (QED) is 0.702. The van der Waals surface area contributed by atoms with Gasteiger partial charge in [0.15, 0.2) is 0 Å². The number of aromatic nitrogens is 1. The van der Waals surface area contributed by atoms with E-state index in [-0.39, 0.29) is 23.1 Å². The average Bonchev–Trinajstić information content (AvgIpc) is 3.47. The predicted octanol–water partition coefficient (Wildman–Crippen LogP) is 2.92. The fourth-order valence-electron chi connectivity index (χ4n) is 2.97. The zero-order valence-electron chi connectivity index (χ0n) is 15.6. The molecule has 2 amide bonds. The van der Waals surface area contributed by atoms with E-state index in [4.69, 9.17) is 0 Å². The summed E-state index contributed by atoms with van der Waals surface area (Å²) in [7, 11) is 0. The summed E-state index contributed by atoms with van der Waals surface area (Å²) in [5.74, 6) is -0.211. The highest BCUT2D eigenvalue weighted by Gasteiger charge is 2.49. The normalized spacial score (nSPS) is 15.9. The molecule has 1 aromatic heterocycles. The molecule has 1 unspecified atom stereocenters. The van der Waals surface area contributed by atoms with Gasteiger partial charge in [0.05, 0.1) is 6.10 Å². The Morgan fingerprint density at radius 3 is 2.52 bits per heavy atom. The maximum atomic E-state index is 12.5. The molecule has 1 heterocycles. The van der Waals surface area contributed by atoms with Gasteiger partial charge in [-0.2, -0.15) is 0 Å². The summed E-state index contributed by atoms with van der Waals surface area (Å²) in [6, 6.07) is 12.7. The first-order valence-corrected chi connectivity index (χ1v) is 9.19. The van der Waals surface area contributed by atoms with Crippen LogP contribution in [0.2, 0.25) is 0 Å². The molecule has 0 saturated heterocycles. The van der Waals surface area contributed by atoms with Crippen LogP contribution in [0.1, 0.15) is 48.7 Å². The van der Waals surface area contributed by atoms with Gasteiger partial charge in [-0.1, -0.05) is 44.2 Å². The first kappa shape index (κ1) is 19.0. The maximum Gasteiger partial charge on any atom is 0.251 e. The first-order chi connectivity index (χ1) is 12.9. The van der Waals surface area contributed by atoms with E-state index in [1.807, 2.05) is 30.3 Å². The number of aliphatic hydroxyl groups is 1. The zero-order valence-corrected chi connectivity index (χ0v) is 15.6. The molecule has 3 rings (SSSR count). The van der Waals surface area contributed by atoms with E-state index in [0.717, 1.165) is 18.4 Å². The summed E-state index contributed by atoms with van der Waals surface area (Å²) in [5, 5.41) is 16.3. The standard InChI is InChI=1S/C21H25N3O3/c1-14(2)19(26)24-17-12-16(8-11-22-17)20(27)23-13-21(9-10-21)18(25)15-6-4-3-5-7-15/h3-8,11-12,14,18,25H,9-10,13H2,1-2H3,(H,23,27)(H,22,24,26). The van der Waals surface area contributed by atoms with Gasteiger partial charge in [-0.25, -0.2) is 4.98 Å². The number of nitrogens with one attached hydrogen (secondary N) is 2. The van der Waals surface area contributed by atoms with Crippen molar-refractivity contribution in [3.63, 3.8) is 0 Å². The first-order valence-electron chi connectivity index (χ1n) is 9.19. The Labute approximate surface area is 159 Å². The number of aliphatic hydroxyl groups excluding tert-OH is 1. The summed E-state index contributed by atoms with van der Waals surface area (Å²) in [5.41, 5.74) is 0.986. The van der Waals surface area contributed by atoms with Crippen LogP contribution in [-0.2, 0) is 4.79 Å². The van der Waals surface area contributed by atoms with Crippen LogP contribution in [0.5, 0.6) is 0 Å². The SMILES string of the molecule is CC(C)C(=O)Nc1cc(C(=O)NCC2(C(O)c3ccccc3)CC2)ccn1. The second kappa shape index (κ2) is 7.88. The lowest BCUT2D eigenvalue weighted by Gasteiger charge is -2.23. The summed E-state index contributed by atoms with van der Waals surface area (Å²) < 4.78 is 0. The Kier molecular flexibility index (Phi) is 5.56. The van der Waals surface area contributed by atoms with Crippen LogP contribution >= 0.6 is 0 Å². The summed E-state index contributed by atoms with van der Waals surface area (Å²) >= 11 is 0. The van der Waals surface area contributed by atoms with Gasteiger partial charge in [-0.05, 0) is 30.5 Å². The minimum atomic E-state index is -0.600. The van der Waals surface area contributed by atoms with Crippen molar-refractivity contribution in [2.75, 3.05) is 11.9 Å². The largest absolute Gasteiger partial charge is 0.388 e. The second-order valence-electron chi connectivity index (χ2n) is 7.43. The average molecular weight is 367 g/mol. The van der Waals surface area contributed by atoms with Gasteiger partial charge in [-0.3, -0.25) is 9.59 Å². The summed E-state index contributed by atoms with van der Waals surface area (Å²) in [6.07, 6.45) is 2.64. The molecular formula is C21H25N3O3. The van der Waals surface area contributed by atoms with E-state index in [0.29, 0.717) is 17.9 Å². The second-order valence-corrected chi connectivity index (χ2v) is 7.43. The van der Waals surface area contributed by atoms with E-state index < -0.39 is 6.10 Å². The topological polar surface area (TPSA) is 91.3 Å². The molecule has 0 spiro atoms. The van der Waals surface area contributed by atoms with Crippen molar-refractivity contribution >= 4 is 17.6 Å². The Balaban J connectivity index is 1.62. The number of anilines is 1. The molecule has 0 aliphatic heterocycles. The molecule has 27 heavy (non-hydrogen) atoms. The highest BCUT2D eigenvalue weighted by molar-refractivity contribution is 5.96. The molecule has 6 heteroatoms. The van der Waals surface area contributed by atoms with Crippen LogP contribution in [0.3, 0.4) is 0 Å². The van der Waals surface area contributed by atoms with Gasteiger partial charge in [-0.15, -0.1) is 0 Å². The number of amides is 2. The number of nitrogens with zero attached hydrogens (tertiary/aromatic N) is 1. The third-order valence-electron chi connectivity index (χ3n) is 4.99. The lowest BCUT2D eigenvalue weighted by molar-refractivity contribution is -0.118. The van der Waals surface area contributed by atoms with Crippen LogP contribution < -0.4 is 10.6 Å². The Hall–Kier alpha value is -2.73. The number of carbonyl (C=O) groups is 2.